The zero-order valence-electron chi connectivity index (χ0n) is 27.0. The van der Waals surface area contributed by atoms with Crippen molar-refractivity contribution in [3.8, 4) is 0 Å². The number of carbonyl (C=O) groups is 1. The van der Waals surface area contributed by atoms with Crippen LogP contribution in [-0.4, -0.2) is 63.2 Å². The van der Waals surface area contributed by atoms with Crippen LogP contribution in [0.3, 0.4) is 0 Å². The van der Waals surface area contributed by atoms with Crippen LogP contribution in [0.15, 0.2) is 0 Å². The van der Waals surface area contributed by atoms with Crippen molar-refractivity contribution in [1.29, 1.82) is 0 Å². The Bertz CT molecular complexity index is 926. The molecule has 4 aliphatic heterocycles. The largest absolute Gasteiger partial charge is 0.392 e. The molecule has 4 saturated heterocycles. The van der Waals surface area contributed by atoms with Crippen LogP contribution in [0.5, 0.6) is 0 Å². The van der Waals surface area contributed by atoms with E-state index in [0.717, 1.165) is 25.7 Å². The van der Waals surface area contributed by atoms with Gasteiger partial charge in [-0.05, 0) is 64.2 Å². The highest BCUT2D eigenvalue weighted by atomic mass is 16.8. The lowest BCUT2D eigenvalue weighted by Crippen LogP contribution is -2.57. The first kappa shape index (κ1) is 32.3. The Kier molecular flexibility index (Phi) is 9.03. The fourth-order valence-corrected chi connectivity index (χ4v) is 9.16. The van der Waals surface area contributed by atoms with Crippen molar-refractivity contribution in [3.63, 3.8) is 0 Å². The molecule has 0 aliphatic carbocycles. The van der Waals surface area contributed by atoms with Crippen molar-refractivity contribution in [3.05, 3.63) is 0 Å². The van der Waals surface area contributed by atoms with Crippen molar-refractivity contribution < 1.29 is 34.0 Å². The minimum Gasteiger partial charge on any atom is -0.392 e. The van der Waals surface area contributed by atoms with Crippen LogP contribution in [0, 0.1) is 41.4 Å². The van der Waals surface area contributed by atoms with Crippen LogP contribution in [-0.2, 0) is 23.7 Å². The molecule has 0 spiro atoms. The number of hydrogen-bond acceptors (Lipinski definition) is 7. The SMILES string of the molecule is CCC(C(=O)C(C)C(O)C(C)C1OC(O)(CC)C(C)CC1C)C1OC(C)(C23OC(C)C(CC)(CC2C)O3)CC1C. The fraction of sp³-hybridized carbons (Fsp3) is 0.970. The predicted molar refractivity (Wildman–Crippen MR) is 154 cm³/mol. The van der Waals surface area contributed by atoms with Crippen LogP contribution in [0.1, 0.15) is 115 Å². The van der Waals surface area contributed by atoms with Crippen molar-refractivity contribution in [2.24, 2.45) is 41.4 Å². The summed E-state index contributed by atoms with van der Waals surface area (Å²) in [6, 6.07) is 0. The quantitative estimate of drug-likeness (QED) is 0.341. The molecule has 0 saturated carbocycles. The zero-order chi connectivity index (χ0) is 30.0. The smallest absolute Gasteiger partial charge is 0.201 e. The average molecular weight is 567 g/mol. The number of ether oxygens (including phenoxy) is 4. The van der Waals surface area contributed by atoms with E-state index >= 15 is 0 Å². The molecule has 4 heterocycles. The third-order valence-corrected chi connectivity index (χ3v) is 11.9. The van der Waals surface area contributed by atoms with Crippen LogP contribution in [0.25, 0.3) is 0 Å². The molecule has 7 nitrogen and oxygen atoms in total. The van der Waals surface area contributed by atoms with Crippen molar-refractivity contribution in [2.75, 3.05) is 0 Å². The standard InChI is InChI=1S/C33H58O7/c1-12-25(27(35)22(8)26(34)23(9)28-18(4)15-20(6)32(36,14-3)39-28)29-19(5)16-30(11,38-29)33-21(7)17-31(13-2,40-33)24(10)37-33/h18-26,28-29,34,36H,12-17H2,1-11H3. The second kappa shape index (κ2) is 11.2. The van der Waals surface area contributed by atoms with Gasteiger partial charge in [-0.15, -0.1) is 0 Å². The molecule has 0 radical (unpaired) electrons. The first-order valence-electron chi connectivity index (χ1n) is 16.2. The number of aliphatic hydroxyl groups excluding tert-OH is 1. The second-order valence-corrected chi connectivity index (χ2v) is 14.5. The highest BCUT2D eigenvalue weighted by molar-refractivity contribution is 5.84. The summed E-state index contributed by atoms with van der Waals surface area (Å²) in [6.07, 6.45) is 3.08. The minimum atomic E-state index is -1.20. The lowest BCUT2D eigenvalue weighted by molar-refractivity contribution is -0.306. The van der Waals surface area contributed by atoms with Crippen LogP contribution in [0.4, 0.5) is 0 Å². The summed E-state index contributed by atoms with van der Waals surface area (Å²) in [5.41, 5.74) is -0.935. The summed E-state index contributed by atoms with van der Waals surface area (Å²) in [6.45, 7) is 22.6. The van der Waals surface area contributed by atoms with Gasteiger partial charge in [0, 0.05) is 29.6 Å². The highest BCUT2D eigenvalue weighted by Crippen LogP contribution is 2.62. The van der Waals surface area contributed by atoms with E-state index in [-0.39, 0.29) is 65.2 Å². The molecule has 0 amide bonds. The van der Waals surface area contributed by atoms with E-state index in [2.05, 4.69) is 41.5 Å². The molecule has 15 unspecified atom stereocenters. The zero-order valence-corrected chi connectivity index (χ0v) is 27.0. The predicted octanol–water partition coefficient (Wildman–Crippen LogP) is 5.88. The van der Waals surface area contributed by atoms with Gasteiger partial charge in [-0.2, -0.15) is 0 Å². The van der Waals surface area contributed by atoms with Gasteiger partial charge >= 0.3 is 0 Å². The van der Waals surface area contributed by atoms with Gasteiger partial charge in [-0.1, -0.05) is 62.3 Å². The van der Waals surface area contributed by atoms with Gasteiger partial charge in [0.1, 0.15) is 11.4 Å². The van der Waals surface area contributed by atoms with Crippen molar-refractivity contribution in [2.45, 2.75) is 162 Å². The number of carbonyl (C=O) groups excluding carboxylic acids is 1. The first-order valence-corrected chi connectivity index (χ1v) is 16.2. The molecule has 4 rings (SSSR count). The molecule has 2 N–H and O–H groups in total. The molecule has 15 atom stereocenters. The van der Waals surface area contributed by atoms with Gasteiger partial charge in [-0.25, -0.2) is 0 Å². The molecule has 2 bridgehead atoms. The molecule has 0 aromatic carbocycles. The highest BCUT2D eigenvalue weighted by Gasteiger charge is 2.73. The minimum absolute atomic E-state index is 0.00138. The van der Waals surface area contributed by atoms with E-state index in [1.807, 2.05) is 34.6 Å². The first-order chi connectivity index (χ1) is 18.5. The summed E-state index contributed by atoms with van der Waals surface area (Å²) in [5, 5.41) is 22.6. The number of aliphatic hydroxyl groups is 2. The number of fused-ring (bicyclic) bond motifs is 2. The Balaban J connectivity index is 1.50. The number of hydrogen-bond donors (Lipinski definition) is 2. The van der Waals surface area contributed by atoms with Crippen LogP contribution in [0.2, 0.25) is 0 Å². The lowest BCUT2D eigenvalue weighted by atomic mass is 9.73. The van der Waals surface area contributed by atoms with Gasteiger partial charge in [0.2, 0.25) is 5.79 Å². The summed E-state index contributed by atoms with van der Waals surface area (Å²) < 4.78 is 26.6. The van der Waals surface area contributed by atoms with Crippen LogP contribution >= 0.6 is 0 Å². The lowest BCUT2D eigenvalue weighted by Gasteiger charge is -2.48. The Morgan fingerprint density at radius 3 is 2.10 bits per heavy atom. The maximum atomic E-state index is 14.1. The molecule has 4 aliphatic rings. The van der Waals surface area contributed by atoms with Gasteiger partial charge in [0.15, 0.2) is 5.79 Å². The molecule has 7 heteroatoms. The van der Waals surface area contributed by atoms with E-state index in [1.54, 1.807) is 0 Å². The maximum absolute atomic E-state index is 14.1. The molecular weight excluding hydrogens is 508 g/mol. The molecule has 40 heavy (non-hydrogen) atoms. The average Bonchev–Trinajstić information content (AvgIpc) is 3.51. The van der Waals surface area contributed by atoms with Crippen molar-refractivity contribution in [1.82, 2.24) is 0 Å². The molecular formula is C33H58O7. The number of ketones is 1. The summed E-state index contributed by atoms with van der Waals surface area (Å²) in [5.74, 6) is -2.67. The van der Waals surface area contributed by atoms with Crippen molar-refractivity contribution >= 4 is 5.78 Å². The fourth-order valence-electron chi connectivity index (χ4n) is 9.16. The number of Topliss-reactive ketones (excluding diaryl/α,β-unsaturated/α-hetero) is 1. The summed E-state index contributed by atoms with van der Waals surface area (Å²) in [7, 11) is 0. The Hall–Kier alpha value is -0.570. The van der Waals surface area contributed by atoms with E-state index in [0.29, 0.717) is 12.8 Å². The Morgan fingerprint density at radius 2 is 1.55 bits per heavy atom. The molecule has 0 aromatic rings. The third-order valence-electron chi connectivity index (χ3n) is 11.9. The van der Waals surface area contributed by atoms with Gasteiger partial charge in [0.25, 0.3) is 0 Å². The topological polar surface area (TPSA) is 94.5 Å². The third kappa shape index (κ3) is 4.83. The monoisotopic (exact) mass is 566 g/mol. The van der Waals surface area contributed by atoms with Gasteiger partial charge < -0.3 is 29.2 Å². The van der Waals surface area contributed by atoms with Gasteiger partial charge in [0.05, 0.1) is 30.0 Å². The van der Waals surface area contributed by atoms with Crippen LogP contribution < -0.4 is 0 Å². The van der Waals surface area contributed by atoms with E-state index < -0.39 is 29.2 Å². The number of rotatable bonds is 10. The van der Waals surface area contributed by atoms with E-state index in [1.165, 1.54) is 0 Å². The molecule has 4 fully saturated rings. The van der Waals surface area contributed by atoms with E-state index in [9.17, 15) is 15.0 Å². The maximum Gasteiger partial charge on any atom is 0.201 e. The van der Waals surface area contributed by atoms with Gasteiger partial charge in [-0.3, -0.25) is 4.79 Å². The Morgan fingerprint density at radius 1 is 0.900 bits per heavy atom. The summed E-state index contributed by atoms with van der Waals surface area (Å²) >= 11 is 0. The molecule has 0 aromatic heterocycles. The Labute approximate surface area is 243 Å². The second-order valence-electron chi connectivity index (χ2n) is 14.5. The molecule has 232 valence electrons. The normalized spacial score (nSPS) is 50.1. The summed E-state index contributed by atoms with van der Waals surface area (Å²) in [4.78, 5) is 14.1. The van der Waals surface area contributed by atoms with E-state index in [4.69, 9.17) is 18.9 Å².